The fraction of sp³-hybridized carbons (Fsp3) is 0.476. The van der Waals surface area contributed by atoms with Crippen LogP contribution in [0.5, 0.6) is 11.5 Å². The third-order valence-corrected chi connectivity index (χ3v) is 4.51. The minimum atomic E-state index is -0.745. The molecule has 0 aliphatic rings. The molecule has 1 heterocycles. The van der Waals surface area contributed by atoms with Crippen LogP contribution in [0.1, 0.15) is 31.1 Å². The molecule has 0 radical (unpaired) electrons. The second-order valence-electron chi connectivity index (χ2n) is 7.25. The Labute approximate surface area is 180 Å². The van der Waals surface area contributed by atoms with Gasteiger partial charge in [0.1, 0.15) is 5.82 Å². The van der Waals surface area contributed by atoms with Crippen LogP contribution in [0.2, 0.25) is 0 Å². The third-order valence-electron chi connectivity index (χ3n) is 4.51. The van der Waals surface area contributed by atoms with Crippen molar-refractivity contribution < 1.29 is 19.0 Å². The number of rotatable bonds is 10. The van der Waals surface area contributed by atoms with E-state index < -0.39 is 17.2 Å². The summed E-state index contributed by atoms with van der Waals surface area (Å²) in [4.78, 5) is 41.8. The summed E-state index contributed by atoms with van der Waals surface area (Å²) < 4.78 is 17.2. The highest BCUT2D eigenvalue weighted by atomic mass is 16.5. The van der Waals surface area contributed by atoms with Crippen LogP contribution >= 0.6 is 0 Å². The number of benzene rings is 1. The Morgan fingerprint density at radius 3 is 2.52 bits per heavy atom. The van der Waals surface area contributed by atoms with Gasteiger partial charge in [-0.2, -0.15) is 0 Å². The third kappa shape index (κ3) is 5.46. The zero-order valence-corrected chi connectivity index (χ0v) is 18.6. The van der Waals surface area contributed by atoms with Crippen LogP contribution in [0.4, 0.5) is 11.5 Å². The number of methoxy groups -OCH3 is 2. The monoisotopic (exact) mass is 434 g/mol. The predicted octanol–water partition coefficient (Wildman–Crippen LogP) is 1.48. The average molecular weight is 434 g/mol. The quantitative estimate of drug-likeness (QED) is 0.579. The van der Waals surface area contributed by atoms with Crippen molar-refractivity contribution in [1.82, 2.24) is 9.55 Å². The minimum Gasteiger partial charge on any atom is -0.493 e. The van der Waals surface area contributed by atoms with Crippen LogP contribution in [-0.4, -0.2) is 49.4 Å². The standard InChI is InChI=1S/C21H30N4O6/c1-6-31-15-8-7-14(11-16(15)30-5)20(27)24(9-10-29-4)17-18(22)25(12-13(2)3)21(28)23-19(17)26/h7-8,11,13H,6,9-10,12,22H2,1-5H3,(H,23,26,28). The number of aromatic amines is 1. The van der Waals surface area contributed by atoms with Crippen molar-refractivity contribution >= 4 is 17.4 Å². The van der Waals surface area contributed by atoms with Crippen molar-refractivity contribution in [3.05, 3.63) is 44.6 Å². The smallest absolute Gasteiger partial charge is 0.330 e. The Kier molecular flexibility index (Phi) is 8.26. The van der Waals surface area contributed by atoms with Gasteiger partial charge in [-0.25, -0.2) is 4.79 Å². The van der Waals surface area contributed by atoms with Gasteiger partial charge in [-0.1, -0.05) is 13.8 Å². The molecule has 1 amide bonds. The number of anilines is 2. The lowest BCUT2D eigenvalue weighted by Crippen LogP contribution is -2.42. The number of carbonyl (C=O) groups excluding carboxylic acids is 1. The maximum atomic E-state index is 13.4. The molecule has 0 bridgehead atoms. The number of nitrogens with one attached hydrogen (secondary N) is 1. The molecule has 0 saturated carbocycles. The Balaban J connectivity index is 2.60. The number of nitrogens with zero attached hydrogens (tertiary/aromatic N) is 2. The van der Waals surface area contributed by atoms with Crippen molar-refractivity contribution in [2.24, 2.45) is 5.92 Å². The van der Waals surface area contributed by atoms with Crippen molar-refractivity contribution in [2.45, 2.75) is 27.3 Å². The summed E-state index contributed by atoms with van der Waals surface area (Å²) in [6.45, 7) is 6.60. The molecule has 0 aliphatic carbocycles. The number of aromatic nitrogens is 2. The lowest BCUT2D eigenvalue weighted by Gasteiger charge is -2.25. The van der Waals surface area contributed by atoms with Gasteiger partial charge in [-0.3, -0.25) is 24.0 Å². The fourth-order valence-electron chi connectivity index (χ4n) is 3.11. The Morgan fingerprint density at radius 1 is 1.23 bits per heavy atom. The van der Waals surface area contributed by atoms with E-state index in [2.05, 4.69) is 4.98 Å². The molecule has 2 aromatic rings. The molecule has 0 unspecified atom stereocenters. The minimum absolute atomic E-state index is 0.0536. The molecule has 1 aromatic heterocycles. The first-order valence-electron chi connectivity index (χ1n) is 9.99. The van der Waals surface area contributed by atoms with Crippen molar-refractivity contribution in [1.29, 1.82) is 0 Å². The highest BCUT2D eigenvalue weighted by Crippen LogP contribution is 2.29. The molecule has 0 aliphatic heterocycles. The molecule has 170 valence electrons. The van der Waals surface area contributed by atoms with E-state index in [1.165, 1.54) is 29.8 Å². The molecule has 0 spiro atoms. The van der Waals surface area contributed by atoms with Crippen LogP contribution in [0, 0.1) is 5.92 Å². The summed E-state index contributed by atoms with van der Waals surface area (Å²) in [6.07, 6.45) is 0. The first-order chi connectivity index (χ1) is 14.7. The normalized spacial score (nSPS) is 10.9. The van der Waals surface area contributed by atoms with Crippen LogP contribution in [0.15, 0.2) is 27.8 Å². The van der Waals surface area contributed by atoms with E-state index in [-0.39, 0.29) is 42.7 Å². The molecule has 0 fully saturated rings. The average Bonchev–Trinajstić information content (AvgIpc) is 2.73. The van der Waals surface area contributed by atoms with Crippen molar-refractivity contribution in [3.8, 4) is 11.5 Å². The summed E-state index contributed by atoms with van der Waals surface area (Å²) in [5, 5.41) is 0. The molecule has 3 N–H and O–H groups in total. The van der Waals surface area contributed by atoms with Crippen LogP contribution in [0.25, 0.3) is 0 Å². The lowest BCUT2D eigenvalue weighted by atomic mass is 10.1. The zero-order valence-electron chi connectivity index (χ0n) is 18.6. The topological polar surface area (TPSA) is 129 Å². The highest BCUT2D eigenvalue weighted by Gasteiger charge is 2.26. The summed E-state index contributed by atoms with van der Waals surface area (Å²) >= 11 is 0. The highest BCUT2D eigenvalue weighted by molar-refractivity contribution is 6.07. The van der Waals surface area contributed by atoms with E-state index in [4.69, 9.17) is 19.9 Å². The van der Waals surface area contributed by atoms with E-state index in [0.29, 0.717) is 18.1 Å². The molecule has 1 aromatic carbocycles. The maximum absolute atomic E-state index is 13.4. The number of nitrogen functional groups attached to an aromatic ring is 1. The van der Waals surface area contributed by atoms with Crippen LogP contribution < -0.4 is 31.4 Å². The number of H-pyrrole nitrogens is 1. The fourth-order valence-corrected chi connectivity index (χ4v) is 3.11. The summed E-state index contributed by atoms with van der Waals surface area (Å²) in [5.74, 6) is 0.395. The van der Waals surface area contributed by atoms with Crippen LogP contribution in [0.3, 0.4) is 0 Å². The van der Waals surface area contributed by atoms with E-state index in [0.717, 1.165) is 0 Å². The maximum Gasteiger partial charge on any atom is 0.330 e. The van der Waals surface area contributed by atoms with Gasteiger partial charge in [0.15, 0.2) is 17.2 Å². The Morgan fingerprint density at radius 2 is 1.94 bits per heavy atom. The molecule has 0 atom stereocenters. The van der Waals surface area contributed by atoms with Gasteiger partial charge in [0, 0.05) is 25.8 Å². The summed E-state index contributed by atoms with van der Waals surface area (Å²) in [7, 11) is 2.95. The second kappa shape index (κ2) is 10.7. The van der Waals surface area contributed by atoms with Crippen molar-refractivity contribution in [2.75, 3.05) is 44.6 Å². The SMILES string of the molecule is CCOc1ccc(C(=O)N(CCOC)c2c(N)n(CC(C)C)c(=O)[nH]c2=O)cc1OC. The van der Waals surface area contributed by atoms with Crippen LogP contribution in [-0.2, 0) is 11.3 Å². The largest absolute Gasteiger partial charge is 0.493 e. The van der Waals surface area contributed by atoms with E-state index in [1.54, 1.807) is 12.1 Å². The van der Waals surface area contributed by atoms with E-state index in [9.17, 15) is 14.4 Å². The first-order valence-corrected chi connectivity index (χ1v) is 9.99. The Bertz CT molecular complexity index is 1030. The van der Waals surface area contributed by atoms with E-state index >= 15 is 0 Å². The Hall–Kier alpha value is -3.27. The van der Waals surface area contributed by atoms with Gasteiger partial charge in [0.25, 0.3) is 11.5 Å². The van der Waals surface area contributed by atoms with Gasteiger partial charge >= 0.3 is 5.69 Å². The molecular formula is C21H30N4O6. The summed E-state index contributed by atoms with van der Waals surface area (Å²) in [6, 6.07) is 4.73. The van der Waals surface area contributed by atoms with E-state index in [1.807, 2.05) is 20.8 Å². The van der Waals surface area contributed by atoms with Gasteiger partial charge in [-0.05, 0) is 31.0 Å². The molecular weight excluding hydrogens is 404 g/mol. The zero-order chi connectivity index (χ0) is 23.1. The van der Waals surface area contributed by atoms with Gasteiger partial charge in [0.2, 0.25) is 0 Å². The van der Waals surface area contributed by atoms with Crippen molar-refractivity contribution in [3.63, 3.8) is 0 Å². The molecule has 2 rings (SSSR count). The van der Waals surface area contributed by atoms with Gasteiger partial charge < -0.3 is 19.9 Å². The second-order valence-corrected chi connectivity index (χ2v) is 7.25. The predicted molar refractivity (Wildman–Crippen MR) is 118 cm³/mol. The number of carbonyl (C=O) groups is 1. The molecule has 31 heavy (non-hydrogen) atoms. The molecule has 10 heteroatoms. The van der Waals surface area contributed by atoms with Gasteiger partial charge in [0.05, 0.1) is 20.3 Å². The molecule has 0 saturated heterocycles. The number of hydrogen-bond donors (Lipinski definition) is 2. The number of nitrogens with two attached hydrogens (primary N) is 1. The number of hydrogen-bond acceptors (Lipinski definition) is 7. The molecule has 10 nitrogen and oxygen atoms in total. The summed E-state index contributed by atoms with van der Waals surface area (Å²) in [5.41, 5.74) is 5.00. The van der Waals surface area contributed by atoms with Gasteiger partial charge in [-0.15, -0.1) is 0 Å². The first kappa shape index (κ1) is 24.0. The number of ether oxygens (including phenoxy) is 3. The lowest BCUT2D eigenvalue weighted by molar-refractivity contribution is 0.0975. The number of amides is 1.